The van der Waals surface area contributed by atoms with Crippen LogP contribution in [-0.2, 0) is 4.74 Å². The second-order valence-corrected chi connectivity index (χ2v) is 4.63. The number of aliphatic hydroxyl groups is 1. The van der Waals surface area contributed by atoms with Crippen LogP contribution >= 0.6 is 0 Å². The van der Waals surface area contributed by atoms with Crippen LogP contribution in [0.2, 0.25) is 0 Å². The lowest BCUT2D eigenvalue weighted by Crippen LogP contribution is -2.34. The fourth-order valence-electron chi connectivity index (χ4n) is 1.88. The van der Waals surface area contributed by atoms with Gasteiger partial charge in [0.2, 0.25) is 0 Å². The summed E-state index contributed by atoms with van der Waals surface area (Å²) in [5.41, 5.74) is 4.97. The zero-order valence-corrected chi connectivity index (χ0v) is 9.33. The third-order valence-electron chi connectivity index (χ3n) is 3.26. The molecule has 0 radical (unpaired) electrons. The highest BCUT2D eigenvalue weighted by Gasteiger charge is 2.29. The molecule has 84 valence electrons. The van der Waals surface area contributed by atoms with Crippen molar-refractivity contribution in [1.29, 1.82) is 0 Å². The Morgan fingerprint density at radius 1 is 1.50 bits per heavy atom. The average Bonchev–Trinajstić information content (AvgIpc) is 2.62. The van der Waals surface area contributed by atoms with Gasteiger partial charge in [0.05, 0.1) is 18.3 Å². The van der Waals surface area contributed by atoms with Crippen LogP contribution in [0.5, 0.6) is 0 Å². The van der Waals surface area contributed by atoms with Crippen molar-refractivity contribution in [3.8, 4) is 0 Å². The minimum absolute atomic E-state index is 0.276. The molecule has 3 nitrogen and oxygen atoms in total. The molecule has 1 rings (SSSR count). The first kappa shape index (κ1) is 12.0. The van der Waals surface area contributed by atoms with Gasteiger partial charge in [-0.25, -0.2) is 0 Å². The molecule has 0 saturated heterocycles. The van der Waals surface area contributed by atoms with Gasteiger partial charge in [0, 0.05) is 0 Å². The Bertz CT molecular complexity index is 171. The van der Waals surface area contributed by atoms with Crippen molar-refractivity contribution in [3.05, 3.63) is 0 Å². The lowest BCUT2D eigenvalue weighted by Gasteiger charge is -2.26. The van der Waals surface area contributed by atoms with E-state index in [-0.39, 0.29) is 6.10 Å². The predicted molar refractivity (Wildman–Crippen MR) is 57.1 cm³/mol. The molecule has 3 atom stereocenters. The summed E-state index contributed by atoms with van der Waals surface area (Å²) < 4.78 is 5.73. The number of ether oxygens (including phenoxy) is 1. The third-order valence-corrected chi connectivity index (χ3v) is 3.26. The van der Waals surface area contributed by atoms with E-state index < -0.39 is 5.60 Å². The summed E-state index contributed by atoms with van der Waals surface area (Å²) >= 11 is 0. The summed E-state index contributed by atoms with van der Waals surface area (Å²) in [5.74, 6) is 0.502. The van der Waals surface area contributed by atoms with Gasteiger partial charge in [-0.1, -0.05) is 13.3 Å². The largest absolute Gasteiger partial charge is 0.388 e. The summed E-state index contributed by atoms with van der Waals surface area (Å²) in [6.45, 7) is 4.93. The first-order valence-electron chi connectivity index (χ1n) is 5.63. The fraction of sp³-hybridized carbons (Fsp3) is 1.00. The van der Waals surface area contributed by atoms with Crippen molar-refractivity contribution < 1.29 is 9.84 Å². The molecular weight excluding hydrogens is 178 g/mol. The number of nitrogens with two attached hydrogens (primary N) is 1. The van der Waals surface area contributed by atoms with Gasteiger partial charge in [-0.05, 0) is 38.6 Å². The van der Waals surface area contributed by atoms with Crippen LogP contribution in [0.25, 0.3) is 0 Å². The Kier molecular flexibility index (Phi) is 4.35. The summed E-state index contributed by atoms with van der Waals surface area (Å²) in [7, 11) is 0. The maximum atomic E-state index is 9.79. The molecule has 0 aromatic carbocycles. The minimum Gasteiger partial charge on any atom is -0.388 e. The summed E-state index contributed by atoms with van der Waals surface area (Å²) in [4.78, 5) is 0. The highest BCUT2D eigenvalue weighted by molar-refractivity contribution is 4.80. The molecule has 0 aromatic heterocycles. The molecular formula is C11H23NO2. The lowest BCUT2D eigenvalue weighted by molar-refractivity contribution is -0.0730. The van der Waals surface area contributed by atoms with E-state index in [1.807, 2.05) is 13.8 Å². The maximum Gasteiger partial charge on any atom is 0.0849 e. The highest BCUT2D eigenvalue weighted by Crippen LogP contribution is 2.28. The van der Waals surface area contributed by atoms with Gasteiger partial charge in [-0.15, -0.1) is 0 Å². The second kappa shape index (κ2) is 5.10. The zero-order valence-electron chi connectivity index (χ0n) is 9.33. The van der Waals surface area contributed by atoms with E-state index >= 15 is 0 Å². The molecule has 0 bridgehead atoms. The molecule has 0 spiro atoms. The molecule has 3 heteroatoms. The Labute approximate surface area is 86.6 Å². The van der Waals surface area contributed by atoms with Crippen molar-refractivity contribution in [3.63, 3.8) is 0 Å². The SMILES string of the molecule is CCC(C)(O)COC1CCCC1CN. The molecule has 1 saturated carbocycles. The first-order chi connectivity index (χ1) is 6.59. The van der Waals surface area contributed by atoms with Crippen molar-refractivity contribution in [2.24, 2.45) is 11.7 Å². The predicted octanol–water partition coefficient (Wildman–Crippen LogP) is 1.29. The Balaban J connectivity index is 2.30. The van der Waals surface area contributed by atoms with Crippen molar-refractivity contribution in [1.82, 2.24) is 0 Å². The van der Waals surface area contributed by atoms with Gasteiger partial charge >= 0.3 is 0 Å². The van der Waals surface area contributed by atoms with Crippen molar-refractivity contribution >= 4 is 0 Å². The van der Waals surface area contributed by atoms with Gasteiger partial charge < -0.3 is 15.6 Å². The highest BCUT2D eigenvalue weighted by atomic mass is 16.5. The summed E-state index contributed by atoms with van der Waals surface area (Å²) in [5, 5.41) is 9.79. The smallest absolute Gasteiger partial charge is 0.0849 e. The second-order valence-electron chi connectivity index (χ2n) is 4.63. The minimum atomic E-state index is -0.679. The molecule has 1 aliphatic rings. The molecule has 0 heterocycles. The van der Waals surface area contributed by atoms with E-state index in [2.05, 4.69) is 0 Å². The first-order valence-corrected chi connectivity index (χ1v) is 5.63. The van der Waals surface area contributed by atoms with Crippen molar-refractivity contribution in [2.45, 2.75) is 51.2 Å². The molecule has 0 amide bonds. The van der Waals surface area contributed by atoms with E-state index in [1.165, 1.54) is 12.8 Å². The van der Waals surface area contributed by atoms with E-state index in [0.717, 1.165) is 12.8 Å². The molecule has 1 aliphatic carbocycles. The Morgan fingerprint density at radius 2 is 2.21 bits per heavy atom. The van der Waals surface area contributed by atoms with Crippen LogP contribution in [0.3, 0.4) is 0 Å². The average molecular weight is 201 g/mol. The van der Waals surface area contributed by atoms with Gasteiger partial charge in [0.1, 0.15) is 0 Å². The molecule has 0 aromatic rings. The number of hydrogen-bond acceptors (Lipinski definition) is 3. The molecule has 1 fully saturated rings. The number of hydrogen-bond donors (Lipinski definition) is 2. The Morgan fingerprint density at radius 3 is 2.79 bits per heavy atom. The van der Waals surface area contributed by atoms with Crippen molar-refractivity contribution in [2.75, 3.05) is 13.2 Å². The van der Waals surface area contributed by atoms with Crippen LogP contribution < -0.4 is 5.73 Å². The van der Waals surface area contributed by atoms with E-state index in [0.29, 0.717) is 19.1 Å². The molecule has 3 unspecified atom stereocenters. The number of rotatable bonds is 5. The quantitative estimate of drug-likeness (QED) is 0.704. The van der Waals surface area contributed by atoms with Crippen LogP contribution in [0.4, 0.5) is 0 Å². The molecule has 0 aliphatic heterocycles. The van der Waals surface area contributed by atoms with Crippen LogP contribution in [0, 0.1) is 5.92 Å². The van der Waals surface area contributed by atoms with E-state index in [4.69, 9.17) is 10.5 Å². The topological polar surface area (TPSA) is 55.5 Å². The molecule has 14 heavy (non-hydrogen) atoms. The monoisotopic (exact) mass is 201 g/mol. The summed E-state index contributed by atoms with van der Waals surface area (Å²) in [6, 6.07) is 0. The van der Waals surface area contributed by atoms with Gasteiger partial charge in [0.25, 0.3) is 0 Å². The zero-order chi connectivity index (χ0) is 10.6. The van der Waals surface area contributed by atoms with Gasteiger partial charge in [0.15, 0.2) is 0 Å². The normalized spacial score (nSPS) is 31.7. The summed E-state index contributed by atoms with van der Waals surface area (Å²) in [6.07, 6.45) is 4.49. The lowest BCUT2D eigenvalue weighted by atomic mass is 10.0. The van der Waals surface area contributed by atoms with Gasteiger partial charge in [-0.2, -0.15) is 0 Å². The third kappa shape index (κ3) is 3.23. The van der Waals surface area contributed by atoms with Crippen LogP contribution in [0.15, 0.2) is 0 Å². The standard InChI is InChI=1S/C11H23NO2/c1-3-11(2,13)8-14-10-6-4-5-9(10)7-12/h9-10,13H,3-8,12H2,1-2H3. The van der Waals surface area contributed by atoms with Gasteiger partial charge in [-0.3, -0.25) is 0 Å². The fourth-order valence-corrected chi connectivity index (χ4v) is 1.88. The van der Waals surface area contributed by atoms with E-state index in [9.17, 15) is 5.11 Å². The van der Waals surface area contributed by atoms with E-state index in [1.54, 1.807) is 0 Å². The van der Waals surface area contributed by atoms with Crippen LogP contribution in [0.1, 0.15) is 39.5 Å². The molecule has 3 N–H and O–H groups in total. The van der Waals surface area contributed by atoms with Crippen LogP contribution in [-0.4, -0.2) is 30.0 Å². The Hall–Kier alpha value is -0.120. The maximum absolute atomic E-state index is 9.79.